The fraction of sp³-hybridized carbons (Fsp3) is 0.692. The Kier molecular flexibility index (Phi) is 4.62. The third kappa shape index (κ3) is 3.69. The van der Waals surface area contributed by atoms with Crippen molar-refractivity contribution in [2.75, 3.05) is 0 Å². The van der Waals surface area contributed by atoms with E-state index in [1.165, 1.54) is 30.6 Å². The van der Waals surface area contributed by atoms with Crippen LogP contribution in [0.2, 0.25) is 0 Å². The first-order chi connectivity index (χ1) is 8.61. The molecule has 1 saturated carbocycles. The number of nitrogens with one attached hydrogen (secondary N) is 1. The van der Waals surface area contributed by atoms with E-state index in [0.29, 0.717) is 12.3 Å². The monoisotopic (exact) mass is 286 g/mol. The molecule has 100 valence electrons. The molecule has 0 radical (unpaired) electrons. The lowest BCUT2D eigenvalue weighted by Crippen LogP contribution is -2.47. The number of aromatic nitrogens is 1. The van der Waals surface area contributed by atoms with Crippen LogP contribution in [0.3, 0.4) is 0 Å². The summed E-state index contributed by atoms with van der Waals surface area (Å²) >= 11 is 7.21. The van der Waals surface area contributed by atoms with Crippen molar-refractivity contribution in [2.24, 2.45) is 0 Å². The quantitative estimate of drug-likeness (QED) is 0.863. The molecular weight excluding hydrogens is 268 g/mol. The average Bonchev–Trinajstić information content (AvgIpc) is 2.76. The molecule has 1 aliphatic carbocycles. The molecule has 1 fully saturated rings. The van der Waals surface area contributed by atoms with Gasteiger partial charge in [0.05, 0.1) is 18.0 Å². The first-order valence-electron chi connectivity index (χ1n) is 6.41. The smallest absolute Gasteiger partial charge is 0.227 e. The predicted molar refractivity (Wildman–Crippen MR) is 75.0 cm³/mol. The molecule has 1 aliphatic rings. The van der Waals surface area contributed by atoms with Gasteiger partial charge in [-0.3, -0.25) is 4.79 Å². The zero-order chi connectivity index (χ0) is 13.0. The predicted octanol–water partition coefficient (Wildman–Crippen LogP) is 3.26. The Morgan fingerprint density at radius 2 is 2.22 bits per heavy atom. The summed E-state index contributed by atoms with van der Waals surface area (Å²) in [6.45, 7) is 2.15. The zero-order valence-corrected chi connectivity index (χ0v) is 12.2. The standard InChI is InChI=1S/C13H19ClN2OS/c1-13(5-3-2-4-6-13)16-11(17)7-12-15-10(8-14)9-18-12/h9H,2-8H2,1H3,(H,16,17). The van der Waals surface area contributed by atoms with Crippen LogP contribution in [0, 0.1) is 0 Å². The minimum atomic E-state index is -0.0120. The van der Waals surface area contributed by atoms with Crippen molar-refractivity contribution >= 4 is 28.8 Å². The number of carbonyl (C=O) groups is 1. The van der Waals surface area contributed by atoms with Gasteiger partial charge in [-0.05, 0) is 19.8 Å². The summed E-state index contributed by atoms with van der Waals surface area (Å²) in [6, 6.07) is 0. The number of hydrogen-bond acceptors (Lipinski definition) is 3. The van der Waals surface area contributed by atoms with Crippen LogP contribution in [0.15, 0.2) is 5.38 Å². The summed E-state index contributed by atoms with van der Waals surface area (Å²) < 4.78 is 0. The van der Waals surface area contributed by atoms with Crippen LogP contribution < -0.4 is 5.32 Å². The lowest BCUT2D eigenvalue weighted by Gasteiger charge is -2.34. The molecule has 2 rings (SSSR count). The SMILES string of the molecule is CC1(NC(=O)Cc2nc(CCl)cs2)CCCCC1. The summed E-state index contributed by atoms with van der Waals surface area (Å²) in [5.74, 6) is 0.491. The van der Waals surface area contributed by atoms with Gasteiger partial charge in [0.25, 0.3) is 0 Å². The highest BCUT2D eigenvalue weighted by Crippen LogP contribution is 2.27. The van der Waals surface area contributed by atoms with Crippen LogP contribution in [0.5, 0.6) is 0 Å². The van der Waals surface area contributed by atoms with E-state index < -0.39 is 0 Å². The van der Waals surface area contributed by atoms with Crippen LogP contribution in [0.25, 0.3) is 0 Å². The highest BCUT2D eigenvalue weighted by Gasteiger charge is 2.28. The van der Waals surface area contributed by atoms with Crippen molar-refractivity contribution in [3.63, 3.8) is 0 Å². The van der Waals surface area contributed by atoms with E-state index in [1.54, 1.807) is 0 Å². The van der Waals surface area contributed by atoms with Crippen molar-refractivity contribution in [1.29, 1.82) is 0 Å². The fourth-order valence-electron chi connectivity index (χ4n) is 2.47. The summed E-state index contributed by atoms with van der Waals surface area (Å²) in [4.78, 5) is 16.3. The van der Waals surface area contributed by atoms with E-state index in [4.69, 9.17) is 11.6 Å². The number of carbonyl (C=O) groups excluding carboxylic acids is 1. The molecule has 0 aromatic carbocycles. The number of rotatable bonds is 4. The molecule has 1 N–H and O–H groups in total. The van der Waals surface area contributed by atoms with E-state index in [9.17, 15) is 4.79 Å². The van der Waals surface area contributed by atoms with Crippen molar-refractivity contribution in [3.8, 4) is 0 Å². The minimum Gasteiger partial charge on any atom is -0.351 e. The molecule has 18 heavy (non-hydrogen) atoms. The second kappa shape index (κ2) is 6.02. The van der Waals surface area contributed by atoms with E-state index in [0.717, 1.165) is 23.5 Å². The summed E-state index contributed by atoms with van der Waals surface area (Å²) in [7, 11) is 0. The van der Waals surface area contributed by atoms with Gasteiger partial charge < -0.3 is 5.32 Å². The largest absolute Gasteiger partial charge is 0.351 e. The Bertz CT molecular complexity index is 413. The van der Waals surface area contributed by atoms with E-state index in [1.807, 2.05) is 5.38 Å². The first kappa shape index (κ1) is 13.8. The summed E-state index contributed by atoms with van der Waals surface area (Å²) in [5.41, 5.74) is 0.843. The van der Waals surface area contributed by atoms with Crippen molar-refractivity contribution in [2.45, 2.75) is 56.9 Å². The van der Waals surface area contributed by atoms with Crippen LogP contribution in [-0.2, 0) is 17.1 Å². The zero-order valence-electron chi connectivity index (χ0n) is 10.7. The number of amides is 1. The van der Waals surface area contributed by atoms with Crippen molar-refractivity contribution in [3.05, 3.63) is 16.1 Å². The van der Waals surface area contributed by atoms with Gasteiger partial charge in [0, 0.05) is 10.9 Å². The molecule has 1 amide bonds. The maximum atomic E-state index is 12.0. The van der Waals surface area contributed by atoms with Gasteiger partial charge in [-0.25, -0.2) is 4.98 Å². The van der Waals surface area contributed by atoms with Crippen LogP contribution >= 0.6 is 22.9 Å². The van der Waals surface area contributed by atoms with Gasteiger partial charge in [-0.1, -0.05) is 19.3 Å². The Balaban J connectivity index is 1.87. The maximum absolute atomic E-state index is 12.0. The van der Waals surface area contributed by atoms with Crippen LogP contribution in [0.1, 0.15) is 49.7 Å². The Labute approximate surface area is 117 Å². The lowest BCUT2D eigenvalue weighted by atomic mass is 9.83. The van der Waals surface area contributed by atoms with Crippen LogP contribution in [0.4, 0.5) is 0 Å². The molecule has 0 saturated heterocycles. The molecule has 0 atom stereocenters. The summed E-state index contributed by atoms with van der Waals surface area (Å²) in [5, 5.41) is 5.93. The maximum Gasteiger partial charge on any atom is 0.227 e. The van der Waals surface area contributed by atoms with Gasteiger partial charge in [0.15, 0.2) is 0 Å². The molecule has 0 spiro atoms. The number of thiazole rings is 1. The highest BCUT2D eigenvalue weighted by atomic mass is 35.5. The average molecular weight is 287 g/mol. The van der Waals surface area contributed by atoms with Crippen LogP contribution in [-0.4, -0.2) is 16.4 Å². The molecule has 0 aliphatic heterocycles. The number of nitrogens with zero attached hydrogens (tertiary/aromatic N) is 1. The number of hydrogen-bond donors (Lipinski definition) is 1. The van der Waals surface area contributed by atoms with Crippen molar-refractivity contribution < 1.29 is 4.79 Å². The molecule has 5 heteroatoms. The van der Waals surface area contributed by atoms with Gasteiger partial charge in [0.1, 0.15) is 5.01 Å². The van der Waals surface area contributed by atoms with E-state index in [2.05, 4.69) is 17.2 Å². The molecule has 1 aromatic rings. The first-order valence-corrected chi connectivity index (χ1v) is 7.83. The fourth-order valence-corrected chi connectivity index (χ4v) is 3.49. The second-order valence-electron chi connectivity index (χ2n) is 5.21. The van der Waals surface area contributed by atoms with Gasteiger partial charge in [-0.2, -0.15) is 0 Å². The highest BCUT2D eigenvalue weighted by molar-refractivity contribution is 7.09. The minimum absolute atomic E-state index is 0.0120. The lowest BCUT2D eigenvalue weighted by molar-refractivity contribution is -0.122. The normalized spacial score (nSPS) is 18.6. The van der Waals surface area contributed by atoms with E-state index in [-0.39, 0.29) is 11.4 Å². The van der Waals surface area contributed by atoms with Gasteiger partial charge >= 0.3 is 0 Å². The second-order valence-corrected chi connectivity index (χ2v) is 6.42. The molecule has 1 heterocycles. The molecular formula is C13H19ClN2OS. The van der Waals surface area contributed by atoms with Crippen molar-refractivity contribution in [1.82, 2.24) is 10.3 Å². The Morgan fingerprint density at radius 1 is 1.50 bits per heavy atom. The van der Waals surface area contributed by atoms with E-state index >= 15 is 0 Å². The van der Waals surface area contributed by atoms with Gasteiger partial charge in [-0.15, -0.1) is 22.9 Å². The Hall–Kier alpha value is -0.610. The Morgan fingerprint density at radius 3 is 2.83 bits per heavy atom. The topological polar surface area (TPSA) is 42.0 Å². The third-order valence-corrected chi connectivity index (χ3v) is 4.62. The molecule has 0 bridgehead atoms. The third-order valence-electron chi connectivity index (χ3n) is 3.45. The molecule has 3 nitrogen and oxygen atoms in total. The summed E-state index contributed by atoms with van der Waals surface area (Å²) in [6.07, 6.45) is 6.26. The van der Waals surface area contributed by atoms with Gasteiger partial charge in [0.2, 0.25) is 5.91 Å². The number of halogens is 1. The molecule has 0 unspecified atom stereocenters. The molecule has 1 aromatic heterocycles. The number of alkyl halides is 1.